The number of nitrogen functional groups attached to an aromatic ring is 1. The number of ether oxygens (including phenoxy) is 3. The van der Waals surface area contributed by atoms with Crippen molar-refractivity contribution in [3.05, 3.63) is 42.5 Å². The maximum atomic E-state index is 11.7. The molecule has 2 aromatic rings. The number of methoxy groups -OCH3 is 1. The van der Waals surface area contributed by atoms with Crippen molar-refractivity contribution < 1.29 is 19.0 Å². The van der Waals surface area contributed by atoms with E-state index in [1.165, 1.54) is 0 Å². The van der Waals surface area contributed by atoms with E-state index >= 15 is 0 Å². The third kappa shape index (κ3) is 5.08. The van der Waals surface area contributed by atoms with Crippen LogP contribution in [-0.2, 0) is 0 Å². The van der Waals surface area contributed by atoms with Crippen LogP contribution in [0.4, 0.5) is 10.5 Å². The molecule has 0 atom stereocenters. The van der Waals surface area contributed by atoms with Gasteiger partial charge < -0.3 is 25.3 Å². The lowest BCUT2D eigenvalue weighted by Gasteiger charge is -2.19. The lowest BCUT2D eigenvalue weighted by Crippen LogP contribution is -2.42. The SMILES string of the molecule is COc1cc(N)ccc1Oc1ccc(OC(=O)NC(C)(C)C)cc1. The first-order valence-electron chi connectivity index (χ1n) is 7.48. The maximum absolute atomic E-state index is 11.7. The van der Waals surface area contributed by atoms with Crippen molar-refractivity contribution in [3.8, 4) is 23.0 Å². The zero-order chi connectivity index (χ0) is 17.7. The van der Waals surface area contributed by atoms with E-state index in [-0.39, 0.29) is 5.54 Å². The number of carbonyl (C=O) groups is 1. The maximum Gasteiger partial charge on any atom is 0.413 e. The number of anilines is 1. The summed E-state index contributed by atoms with van der Waals surface area (Å²) in [6, 6.07) is 11.9. The first-order chi connectivity index (χ1) is 11.3. The fourth-order valence-corrected chi connectivity index (χ4v) is 1.91. The van der Waals surface area contributed by atoms with Gasteiger partial charge in [0.25, 0.3) is 0 Å². The van der Waals surface area contributed by atoms with Gasteiger partial charge in [0.2, 0.25) is 0 Å². The van der Waals surface area contributed by atoms with Crippen LogP contribution >= 0.6 is 0 Å². The molecule has 2 rings (SSSR count). The molecule has 0 aromatic heterocycles. The van der Waals surface area contributed by atoms with Gasteiger partial charge in [-0.2, -0.15) is 0 Å². The van der Waals surface area contributed by atoms with Crippen LogP contribution in [0.2, 0.25) is 0 Å². The quantitative estimate of drug-likeness (QED) is 0.829. The summed E-state index contributed by atoms with van der Waals surface area (Å²) >= 11 is 0. The molecule has 0 aliphatic carbocycles. The molecule has 0 radical (unpaired) electrons. The van der Waals surface area contributed by atoms with Gasteiger partial charge in [-0.1, -0.05) is 0 Å². The molecule has 6 heteroatoms. The summed E-state index contributed by atoms with van der Waals surface area (Å²) in [5.74, 6) is 2.10. The molecule has 0 aliphatic rings. The molecule has 128 valence electrons. The molecule has 3 N–H and O–H groups in total. The topological polar surface area (TPSA) is 82.8 Å². The van der Waals surface area contributed by atoms with Gasteiger partial charge in [0.15, 0.2) is 11.5 Å². The Bertz CT molecular complexity index is 706. The number of nitrogens with two attached hydrogens (primary N) is 1. The van der Waals surface area contributed by atoms with E-state index in [0.29, 0.717) is 28.7 Å². The number of benzene rings is 2. The summed E-state index contributed by atoms with van der Waals surface area (Å²) in [7, 11) is 1.55. The van der Waals surface area contributed by atoms with Crippen LogP contribution < -0.4 is 25.3 Å². The molecule has 0 saturated heterocycles. The molecule has 0 heterocycles. The van der Waals surface area contributed by atoms with E-state index in [1.54, 1.807) is 49.6 Å². The van der Waals surface area contributed by atoms with Crippen LogP contribution in [0.1, 0.15) is 20.8 Å². The number of amides is 1. The molecule has 0 bridgehead atoms. The summed E-state index contributed by atoms with van der Waals surface area (Å²) in [5.41, 5.74) is 5.95. The predicted molar refractivity (Wildman–Crippen MR) is 92.8 cm³/mol. The van der Waals surface area contributed by atoms with Gasteiger partial charge in [0.05, 0.1) is 7.11 Å². The van der Waals surface area contributed by atoms with Crippen LogP contribution in [0.25, 0.3) is 0 Å². The zero-order valence-corrected chi connectivity index (χ0v) is 14.3. The van der Waals surface area contributed by atoms with Crippen molar-refractivity contribution in [2.24, 2.45) is 0 Å². The monoisotopic (exact) mass is 330 g/mol. The van der Waals surface area contributed by atoms with E-state index in [0.717, 1.165) is 0 Å². The second-order valence-electron chi connectivity index (χ2n) is 6.25. The van der Waals surface area contributed by atoms with Gasteiger partial charge >= 0.3 is 6.09 Å². The fraction of sp³-hybridized carbons (Fsp3) is 0.278. The van der Waals surface area contributed by atoms with Crippen molar-refractivity contribution in [2.75, 3.05) is 12.8 Å². The Morgan fingerprint density at radius 3 is 2.21 bits per heavy atom. The lowest BCUT2D eigenvalue weighted by atomic mass is 10.1. The summed E-state index contributed by atoms with van der Waals surface area (Å²) in [6.07, 6.45) is -0.503. The minimum absolute atomic E-state index is 0.355. The highest BCUT2D eigenvalue weighted by molar-refractivity contribution is 5.71. The number of rotatable bonds is 4. The van der Waals surface area contributed by atoms with Crippen molar-refractivity contribution >= 4 is 11.8 Å². The number of carbonyl (C=O) groups excluding carboxylic acids is 1. The molecule has 24 heavy (non-hydrogen) atoms. The first kappa shape index (κ1) is 17.5. The Kier molecular flexibility index (Phi) is 5.18. The van der Waals surface area contributed by atoms with Crippen LogP contribution in [0.15, 0.2) is 42.5 Å². The largest absolute Gasteiger partial charge is 0.493 e. The molecule has 0 aliphatic heterocycles. The summed E-state index contributed by atoms with van der Waals surface area (Å²) in [6.45, 7) is 5.64. The van der Waals surface area contributed by atoms with Crippen molar-refractivity contribution in [1.29, 1.82) is 0 Å². The van der Waals surface area contributed by atoms with Gasteiger partial charge in [0, 0.05) is 17.3 Å². The third-order valence-corrected chi connectivity index (χ3v) is 2.93. The highest BCUT2D eigenvalue weighted by atomic mass is 16.6. The van der Waals surface area contributed by atoms with Crippen molar-refractivity contribution in [3.63, 3.8) is 0 Å². The Balaban J connectivity index is 2.03. The van der Waals surface area contributed by atoms with Gasteiger partial charge in [-0.15, -0.1) is 0 Å². The highest BCUT2D eigenvalue weighted by Gasteiger charge is 2.15. The smallest absolute Gasteiger partial charge is 0.413 e. The average Bonchev–Trinajstić information content (AvgIpc) is 2.49. The first-order valence-corrected chi connectivity index (χ1v) is 7.48. The number of nitrogens with one attached hydrogen (secondary N) is 1. The molecule has 0 saturated carbocycles. The molecule has 1 amide bonds. The Morgan fingerprint density at radius 1 is 1.00 bits per heavy atom. The standard InChI is InChI=1S/C18H22N2O4/c1-18(2,3)20-17(21)24-14-8-6-13(7-9-14)23-15-10-5-12(19)11-16(15)22-4/h5-11H,19H2,1-4H3,(H,20,21). The Morgan fingerprint density at radius 2 is 1.62 bits per heavy atom. The van der Waals surface area contributed by atoms with Crippen molar-refractivity contribution in [1.82, 2.24) is 5.32 Å². The average molecular weight is 330 g/mol. The second-order valence-corrected chi connectivity index (χ2v) is 6.25. The fourth-order valence-electron chi connectivity index (χ4n) is 1.91. The van der Waals surface area contributed by atoms with E-state index in [2.05, 4.69) is 5.32 Å². The minimum atomic E-state index is -0.503. The zero-order valence-electron chi connectivity index (χ0n) is 14.3. The van der Waals surface area contributed by atoms with Gasteiger partial charge in [-0.05, 0) is 57.2 Å². The highest BCUT2D eigenvalue weighted by Crippen LogP contribution is 2.33. The molecular weight excluding hydrogens is 308 g/mol. The second kappa shape index (κ2) is 7.12. The number of hydrogen-bond donors (Lipinski definition) is 2. The predicted octanol–water partition coefficient (Wildman–Crippen LogP) is 3.96. The summed E-state index contributed by atoms with van der Waals surface area (Å²) in [4.78, 5) is 11.7. The Hall–Kier alpha value is -2.89. The van der Waals surface area contributed by atoms with Gasteiger partial charge in [0.1, 0.15) is 11.5 Å². The summed E-state index contributed by atoms with van der Waals surface area (Å²) in [5, 5.41) is 2.72. The molecule has 0 unspecified atom stereocenters. The van der Waals surface area contributed by atoms with Crippen LogP contribution in [0.3, 0.4) is 0 Å². The number of hydrogen-bond acceptors (Lipinski definition) is 5. The summed E-state index contributed by atoms with van der Waals surface area (Å²) < 4.78 is 16.2. The Labute approximate surface area is 141 Å². The molecule has 6 nitrogen and oxygen atoms in total. The van der Waals surface area contributed by atoms with Crippen molar-refractivity contribution in [2.45, 2.75) is 26.3 Å². The van der Waals surface area contributed by atoms with Crippen LogP contribution in [0.5, 0.6) is 23.0 Å². The van der Waals surface area contributed by atoms with E-state index < -0.39 is 6.09 Å². The molecule has 0 spiro atoms. The van der Waals surface area contributed by atoms with E-state index in [1.807, 2.05) is 20.8 Å². The normalized spacial score (nSPS) is 10.8. The van der Waals surface area contributed by atoms with E-state index in [4.69, 9.17) is 19.9 Å². The molecular formula is C18H22N2O4. The molecule has 0 fully saturated rings. The molecule has 2 aromatic carbocycles. The van der Waals surface area contributed by atoms with Crippen LogP contribution in [-0.4, -0.2) is 18.7 Å². The third-order valence-electron chi connectivity index (χ3n) is 2.93. The minimum Gasteiger partial charge on any atom is -0.493 e. The van der Waals surface area contributed by atoms with Gasteiger partial charge in [-0.25, -0.2) is 4.79 Å². The van der Waals surface area contributed by atoms with Crippen LogP contribution in [0, 0.1) is 0 Å². The van der Waals surface area contributed by atoms with E-state index in [9.17, 15) is 4.79 Å². The van der Waals surface area contributed by atoms with Gasteiger partial charge in [-0.3, -0.25) is 0 Å². The lowest BCUT2D eigenvalue weighted by molar-refractivity contribution is 0.190.